The summed E-state index contributed by atoms with van der Waals surface area (Å²) >= 11 is 9.53. The van der Waals surface area contributed by atoms with Crippen LogP contribution in [0.1, 0.15) is 0 Å². The van der Waals surface area contributed by atoms with Crippen molar-refractivity contribution in [3.8, 4) is 0 Å². The van der Waals surface area contributed by atoms with E-state index in [-0.39, 0.29) is 26.4 Å². The third-order valence-corrected chi connectivity index (χ3v) is 0. The zero-order valence-electron chi connectivity index (χ0n) is 1.78. The van der Waals surface area contributed by atoms with Gasteiger partial charge in [0.2, 0.25) is 0 Å². The van der Waals surface area contributed by atoms with E-state index in [9.17, 15) is 0 Å². The van der Waals surface area contributed by atoms with Crippen LogP contribution < -0.4 is 0 Å². The van der Waals surface area contributed by atoms with Crippen molar-refractivity contribution < 1.29 is 21.1 Å². The van der Waals surface area contributed by atoms with Gasteiger partial charge in [-0.05, 0) is 0 Å². The van der Waals surface area contributed by atoms with Crippen LogP contribution in [-0.2, 0) is 21.1 Å². The Kier molecular flexibility index (Phi) is 19.9. The van der Waals surface area contributed by atoms with E-state index in [1.165, 1.54) is 0 Å². The van der Waals surface area contributed by atoms with Crippen LogP contribution in [0.2, 0.25) is 0 Å². The number of alkyl halides is 2. The Morgan fingerprint density at radius 2 is 1.25 bits per heavy atom. The van der Waals surface area contributed by atoms with E-state index < -0.39 is 0 Å². The summed E-state index contributed by atoms with van der Waals surface area (Å²) in [6.07, 6.45) is 0. The summed E-state index contributed by atoms with van der Waals surface area (Å²) in [6.45, 7) is 0. The summed E-state index contributed by atoms with van der Waals surface area (Å²) in [6, 6.07) is 0. The molecule has 0 spiro atoms. The molecule has 0 aromatic rings. The van der Waals surface area contributed by atoms with Gasteiger partial charge < -0.3 is 0 Å². The molecule has 0 heterocycles. The van der Waals surface area contributed by atoms with Gasteiger partial charge in [0, 0.05) is 0 Å². The van der Waals surface area contributed by atoms with Gasteiger partial charge in [-0.2, -0.15) is 0 Å². The quantitative estimate of drug-likeness (QED) is 0.589. The molecule has 0 aliphatic rings. The molecule has 0 aromatic carbocycles. The van der Waals surface area contributed by atoms with E-state index in [0.29, 0.717) is 0 Å². The number of hydrogen-bond donors (Lipinski definition) is 0. The Hall–Kier alpha value is 1.27. The van der Waals surface area contributed by atoms with Crippen LogP contribution in [0.15, 0.2) is 0 Å². The zero-order chi connectivity index (χ0) is 2.71. The summed E-state index contributed by atoms with van der Waals surface area (Å²) in [5.41, 5.74) is 0. The van der Waals surface area contributed by atoms with Gasteiger partial charge in [0.05, 0.1) is 5.34 Å². The monoisotopic (exact) mass is 279 g/mol. The Morgan fingerprint density at radius 1 is 1.25 bits per heavy atom. The van der Waals surface area contributed by atoms with Crippen molar-refractivity contribution >= 4 is 23.2 Å². The maximum atomic E-state index is 4.76. The van der Waals surface area contributed by atoms with Gasteiger partial charge in [0.25, 0.3) is 0 Å². The van der Waals surface area contributed by atoms with E-state index in [0.717, 1.165) is 0 Å². The van der Waals surface area contributed by atoms with Crippen molar-refractivity contribution in [2.24, 2.45) is 0 Å². The number of hydrogen-bond acceptors (Lipinski definition) is 0. The molecular formula is CH2Cl2Pt+2. The van der Waals surface area contributed by atoms with Gasteiger partial charge in [0.1, 0.15) is 0 Å². The first-order valence-corrected chi connectivity index (χ1v) is 1.60. The molecule has 0 fully saturated rings. The first-order chi connectivity index (χ1) is 1.41. The fraction of sp³-hybridized carbons (Fsp3) is 1.00. The molecule has 0 atom stereocenters. The largest absolute Gasteiger partial charge is 2.00 e. The minimum atomic E-state index is 0. The molecule has 0 aliphatic carbocycles. The molecule has 0 saturated heterocycles. The van der Waals surface area contributed by atoms with E-state index >= 15 is 0 Å². The van der Waals surface area contributed by atoms with E-state index in [2.05, 4.69) is 0 Å². The average Bonchev–Trinajstić information content (AvgIpc) is 0.918. The second kappa shape index (κ2) is 8.86. The SMILES string of the molecule is ClCCl.[Pt+2]. The molecule has 0 rings (SSSR count). The van der Waals surface area contributed by atoms with Gasteiger partial charge in [-0.25, -0.2) is 0 Å². The summed E-state index contributed by atoms with van der Waals surface area (Å²) in [7, 11) is 0. The van der Waals surface area contributed by atoms with Crippen molar-refractivity contribution in [3.05, 3.63) is 0 Å². The second-order valence-corrected chi connectivity index (χ2v) is 0.909. The molecule has 0 radical (unpaired) electrons. The van der Waals surface area contributed by atoms with E-state index in [1.54, 1.807) is 0 Å². The number of halogens is 2. The molecular weight excluding hydrogens is 278 g/mol. The first kappa shape index (κ1) is 8.99. The van der Waals surface area contributed by atoms with Gasteiger partial charge in [-0.3, -0.25) is 0 Å². The molecule has 0 bridgehead atoms. The Morgan fingerprint density at radius 3 is 1.25 bits per heavy atom. The van der Waals surface area contributed by atoms with Gasteiger partial charge in [-0.15, -0.1) is 23.2 Å². The normalized spacial score (nSPS) is 4.50. The fourth-order valence-electron chi connectivity index (χ4n) is 0. The van der Waals surface area contributed by atoms with Crippen molar-refractivity contribution in [1.29, 1.82) is 0 Å². The molecule has 0 aromatic heterocycles. The molecule has 0 aliphatic heterocycles. The molecule has 0 amide bonds. The van der Waals surface area contributed by atoms with Crippen molar-refractivity contribution in [1.82, 2.24) is 0 Å². The summed E-state index contributed by atoms with van der Waals surface area (Å²) in [4.78, 5) is 0. The topological polar surface area (TPSA) is 0 Å². The van der Waals surface area contributed by atoms with Crippen LogP contribution in [0.25, 0.3) is 0 Å². The third-order valence-electron chi connectivity index (χ3n) is 0. The summed E-state index contributed by atoms with van der Waals surface area (Å²) in [5, 5.41) is 0.194. The van der Waals surface area contributed by atoms with Gasteiger partial charge in [0.15, 0.2) is 0 Å². The maximum absolute atomic E-state index is 4.76. The minimum Gasteiger partial charge on any atom is -0.109 e. The zero-order valence-corrected chi connectivity index (χ0v) is 5.56. The van der Waals surface area contributed by atoms with E-state index in [4.69, 9.17) is 23.2 Å². The predicted octanol–water partition coefficient (Wildman–Crippen LogP) is 1.42. The van der Waals surface area contributed by atoms with Gasteiger partial charge >= 0.3 is 21.1 Å². The minimum absolute atomic E-state index is 0. The fourth-order valence-corrected chi connectivity index (χ4v) is 0. The Bertz CT molecular complexity index is 6.00. The molecule has 28 valence electrons. The molecule has 3 heteroatoms. The van der Waals surface area contributed by atoms with Crippen LogP contribution in [-0.4, -0.2) is 5.34 Å². The first-order valence-electron chi connectivity index (χ1n) is 0.535. The van der Waals surface area contributed by atoms with Crippen molar-refractivity contribution in [3.63, 3.8) is 0 Å². The average molecular weight is 280 g/mol. The Balaban J connectivity index is 0. The third kappa shape index (κ3) is 10.5. The predicted molar refractivity (Wildman–Crippen MR) is 16.6 cm³/mol. The summed E-state index contributed by atoms with van der Waals surface area (Å²) < 4.78 is 0. The van der Waals surface area contributed by atoms with Crippen LogP contribution >= 0.6 is 23.2 Å². The number of rotatable bonds is 0. The Labute approximate surface area is 49.7 Å². The molecule has 0 unspecified atom stereocenters. The van der Waals surface area contributed by atoms with Crippen molar-refractivity contribution in [2.75, 3.05) is 5.34 Å². The maximum Gasteiger partial charge on any atom is 2.00 e. The van der Waals surface area contributed by atoms with Crippen LogP contribution in [0.4, 0.5) is 0 Å². The smallest absolute Gasteiger partial charge is 0.109 e. The molecule has 0 saturated carbocycles. The van der Waals surface area contributed by atoms with Crippen LogP contribution in [0.5, 0.6) is 0 Å². The molecule has 4 heavy (non-hydrogen) atoms. The van der Waals surface area contributed by atoms with E-state index in [1.807, 2.05) is 0 Å². The second-order valence-electron chi connectivity index (χ2n) is 0.101. The van der Waals surface area contributed by atoms with Crippen LogP contribution in [0.3, 0.4) is 0 Å². The van der Waals surface area contributed by atoms with Crippen molar-refractivity contribution in [2.45, 2.75) is 0 Å². The molecule has 0 nitrogen and oxygen atoms in total. The van der Waals surface area contributed by atoms with Crippen LogP contribution in [0, 0.1) is 0 Å². The molecule has 0 N–H and O–H groups in total. The van der Waals surface area contributed by atoms with Gasteiger partial charge in [-0.1, -0.05) is 0 Å². The standard InChI is InChI=1S/CH2Cl2.Pt/c2-1-3;/h1H2;/q;+2. The summed E-state index contributed by atoms with van der Waals surface area (Å²) in [5.74, 6) is 0.